The maximum absolute atomic E-state index is 11.3. The predicted octanol–water partition coefficient (Wildman–Crippen LogP) is 0.215. The molecule has 1 fully saturated rings. The van der Waals surface area contributed by atoms with Gasteiger partial charge in [-0.25, -0.2) is 0 Å². The van der Waals surface area contributed by atoms with E-state index in [9.17, 15) is 14.7 Å². The SMILES string of the molecule is O=C1C=CC(=O)N1C1CCCCC1O. The van der Waals surface area contributed by atoms with Crippen molar-refractivity contribution in [1.82, 2.24) is 4.90 Å². The van der Waals surface area contributed by atoms with Gasteiger partial charge in [-0.15, -0.1) is 0 Å². The van der Waals surface area contributed by atoms with Crippen molar-refractivity contribution in [1.29, 1.82) is 0 Å². The van der Waals surface area contributed by atoms with Crippen LogP contribution in [0.2, 0.25) is 0 Å². The first kappa shape index (κ1) is 9.40. The lowest BCUT2D eigenvalue weighted by Gasteiger charge is -2.33. The van der Waals surface area contributed by atoms with Crippen LogP contribution in [0.5, 0.6) is 0 Å². The third-order valence-corrected chi connectivity index (χ3v) is 2.87. The van der Waals surface area contributed by atoms with Gasteiger partial charge < -0.3 is 5.11 Å². The molecule has 2 unspecified atom stereocenters. The highest BCUT2D eigenvalue weighted by Crippen LogP contribution is 2.25. The smallest absolute Gasteiger partial charge is 0.253 e. The van der Waals surface area contributed by atoms with Gasteiger partial charge in [0.25, 0.3) is 11.8 Å². The average molecular weight is 195 g/mol. The van der Waals surface area contributed by atoms with Crippen LogP contribution in [-0.4, -0.2) is 34.0 Å². The van der Waals surface area contributed by atoms with E-state index in [0.717, 1.165) is 19.3 Å². The van der Waals surface area contributed by atoms with Crippen molar-refractivity contribution in [2.45, 2.75) is 37.8 Å². The zero-order valence-electron chi connectivity index (χ0n) is 7.85. The van der Waals surface area contributed by atoms with Crippen molar-refractivity contribution in [3.8, 4) is 0 Å². The summed E-state index contributed by atoms with van der Waals surface area (Å²) in [6, 6.07) is -0.307. The van der Waals surface area contributed by atoms with Crippen molar-refractivity contribution in [2.75, 3.05) is 0 Å². The molecular formula is C10H13NO3. The fourth-order valence-electron chi connectivity index (χ4n) is 2.13. The molecule has 0 bridgehead atoms. The molecule has 4 nitrogen and oxygen atoms in total. The van der Waals surface area contributed by atoms with E-state index in [-0.39, 0.29) is 17.9 Å². The number of carbonyl (C=O) groups is 2. The van der Waals surface area contributed by atoms with Crippen LogP contribution >= 0.6 is 0 Å². The molecule has 0 spiro atoms. The molecular weight excluding hydrogens is 182 g/mol. The Morgan fingerprint density at radius 1 is 1.14 bits per heavy atom. The minimum Gasteiger partial charge on any atom is -0.391 e. The average Bonchev–Trinajstić information content (AvgIpc) is 2.48. The second kappa shape index (κ2) is 3.53. The number of aliphatic hydroxyl groups is 1. The highest BCUT2D eigenvalue weighted by Gasteiger charge is 2.36. The normalized spacial score (nSPS) is 32.8. The molecule has 76 valence electrons. The van der Waals surface area contributed by atoms with E-state index < -0.39 is 6.10 Å². The molecule has 0 radical (unpaired) electrons. The first-order valence-corrected chi connectivity index (χ1v) is 4.93. The molecule has 2 aliphatic rings. The second-order valence-electron chi connectivity index (χ2n) is 3.80. The Morgan fingerprint density at radius 2 is 1.71 bits per heavy atom. The largest absolute Gasteiger partial charge is 0.391 e. The van der Waals surface area contributed by atoms with Gasteiger partial charge in [-0.05, 0) is 12.8 Å². The van der Waals surface area contributed by atoms with E-state index in [2.05, 4.69) is 0 Å². The second-order valence-corrected chi connectivity index (χ2v) is 3.80. The Bertz CT molecular complexity index is 280. The van der Waals surface area contributed by atoms with Crippen molar-refractivity contribution < 1.29 is 14.7 Å². The predicted molar refractivity (Wildman–Crippen MR) is 49.3 cm³/mol. The maximum atomic E-state index is 11.3. The van der Waals surface area contributed by atoms with Crippen LogP contribution in [0.4, 0.5) is 0 Å². The lowest BCUT2D eigenvalue weighted by atomic mass is 9.91. The molecule has 0 saturated heterocycles. The quantitative estimate of drug-likeness (QED) is 0.609. The standard InChI is InChI=1S/C10H13NO3/c12-8-4-2-1-3-7(8)11-9(13)5-6-10(11)14/h5-8,12H,1-4H2. The molecule has 14 heavy (non-hydrogen) atoms. The summed E-state index contributed by atoms with van der Waals surface area (Å²) in [6.45, 7) is 0. The number of amides is 2. The summed E-state index contributed by atoms with van der Waals surface area (Å²) < 4.78 is 0. The van der Waals surface area contributed by atoms with Gasteiger partial charge in [0, 0.05) is 12.2 Å². The molecule has 0 aromatic rings. The number of nitrogens with zero attached hydrogens (tertiary/aromatic N) is 1. The molecule has 1 aliphatic heterocycles. The molecule has 1 saturated carbocycles. The first-order chi connectivity index (χ1) is 6.70. The summed E-state index contributed by atoms with van der Waals surface area (Å²) >= 11 is 0. The van der Waals surface area contributed by atoms with Gasteiger partial charge in [0.2, 0.25) is 0 Å². The number of carbonyl (C=O) groups excluding carboxylic acids is 2. The van der Waals surface area contributed by atoms with Crippen LogP contribution in [0.1, 0.15) is 25.7 Å². The van der Waals surface area contributed by atoms with E-state index in [4.69, 9.17) is 0 Å². The Morgan fingerprint density at radius 3 is 2.29 bits per heavy atom. The van der Waals surface area contributed by atoms with Gasteiger partial charge in [-0.3, -0.25) is 14.5 Å². The summed E-state index contributed by atoms with van der Waals surface area (Å²) in [5.41, 5.74) is 0. The van der Waals surface area contributed by atoms with Gasteiger partial charge in [-0.2, -0.15) is 0 Å². The molecule has 2 rings (SSSR count). The molecule has 0 aromatic heterocycles. The Labute approximate surface area is 82.2 Å². The molecule has 4 heteroatoms. The van der Waals surface area contributed by atoms with Crippen LogP contribution in [0, 0.1) is 0 Å². The number of imide groups is 1. The summed E-state index contributed by atoms with van der Waals surface area (Å²) in [5, 5.41) is 9.69. The summed E-state index contributed by atoms with van der Waals surface area (Å²) in [4.78, 5) is 23.9. The molecule has 1 heterocycles. The Kier molecular flexibility index (Phi) is 2.37. The van der Waals surface area contributed by atoms with Crippen LogP contribution in [0.25, 0.3) is 0 Å². The van der Waals surface area contributed by atoms with Crippen molar-refractivity contribution in [3.63, 3.8) is 0 Å². The van der Waals surface area contributed by atoms with Crippen LogP contribution in [-0.2, 0) is 9.59 Å². The highest BCUT2D eigenvalue weighted by molar-refractivity contribution is 6.13. The van der Waals surface area contributed by atoms with Gasteiger partial charge in [0.05, 0.1) is 12.1 Å². The summed E-state index contributed by atoms with van der Waals surface area (Å²) in [7, 11) is 0. The van der Waals surface area contributed by atoms with E-state index in [1.165, 1.54) is 17.1 Å². The first-order valence-electron chi connectivity index (χ1n) is 4.93. The van der Waals surface area contributed by atoms with E-state index in [0.29, 0.717) is 6.42 Å². The fourth-order valence-corrected chi connectivity index (χ4v) is 2.13. The summed E-state index contributed by atoms with van der Waals surface area (Å²) in [5.74, 6) is -0.582. The molecule has 1 aliphatic carbocycles. The van der Waals surface area contributed by atoms with Crippen LogP contribution < -0.4 is 0 Å². The van der Waals surface area contributed by atoms with Gasteiger partial charge in [0.15, 0.2) is 0 Å². The van der Waals surface area contributed by atoms with Gasteiger partial charge >= 0.3 is 0 Å². The lowest BCUT2D eigenvalue weighted by molar-refractivity contribution is -0.143. The Balaban J connectivity index is 2.13. The third-order valence-electron chi connectivity index (χ3n) is 2.87. The van der Waals surface area contributed by atoms with Gasteiger partial charge in [0.1, 0.15) is 0 Å². The highest BCUT2D eigenvalue weighted by atomic mass is 16.3. The van der Waals surface area contributed by atoms with Crippen LogP contribution in [0.15, 0.2) is 12.2 Å². The van der Waals surface area contributed by atoms with Crippen LogP contribution in [0.3, 0.4) is 0 Å². The van der Waals surface area contributed by atoms with Crippen molar-refractivity contribution >= 4 is 11.8 Å². The van der Waals surface area contributed by atoms with E-state index in [1.54, 1.807) is 0 Å². The minimum atomic E-state index is -0.545. The van der Waals surface area contributed by atoms with Crippen molar-refractivity contribution in [2.24, 2.45) is 0 Å². The van der Waals surface area contributed by atoms with E-state index in [1.807, 2.05) is 0 Å². The number of rotatable bonds is 1. The lowest BCUT2D eigenvalue weighted by Crippen LogP contribution is -2.48. The third kappa shape index (κ3) is 1.46. The summed E-state index contributed by atoms with van der Waals surface area (Å²) in [6.07, 6.45) is 5.34. The number of hydrogen-bond donors (Lipinski definition) is 1. The zero-order chi connectivity index (χ0) is 10.1. The molecule has 2 amide bonds. The maximum Gasteiger partial charge on any atom is 0.253 e. The van der Waals surface area contributed by atoms with E-state index >= 15 is 0 Å². The Hall–Kier alpha value is -1.16. The number of hydrogen-bond acceptors (Lipinski definition) is 3. The molecule has 1 N–H and O–H groups in total. The molecule has 2 atom stereocenters. The number of aliphatic hydroxyl groups excluding tert-OH is 1. The van der Waals surface area contributed by atoms with Gasteiger partial charge in [-0.1, -0.05) is 12.8 Å². The zero-order valence-corrected chi connectivity index (χ0v) is 7.85. The molecule has 0 aromatic carbocycles. The minimum absolute atomic E-state index is 0.291. The topological polar surface area (TPSA) is 57.6 Å². The van der Waals surface area contributed by atoms with Crippen molar-refractivity contribution in [3.05, 3.63) is 12.2 Å². The fraction of sp³-hybridized carbons (Fsp3) is 0.600. The monoisotopic (exact) mass is 195 g/mol.